The van der Waals surface area contributed by atoms with E-state index in [2.05, 4.69) is 10.3 Å². The van der Waals surface area contributed by atoms with Gasteiger partial charge in [-0.05, 0) is 11.8 Å². The summed E-state index contributed by atoms with van der Waals surface area (Å²) in [6, 6.07) is 0. The smallest absolute Gasteiger partial charge is 0.296 e. The Morgan fingerprint density at radius 2 is 2.19 bits per heavy atom. The van der Waals surface area contributed by atoms with Crippen LogP contribution >= 0.6 is 23.5 Å². The maximum atomic E-state index is 11.7. The number of carbonyl (C=O) groups excluding carboxylic acids is 3. The standard InChI is InChI=1S/C9H6N2O3S2/c12-5-2-9(7(13)10-5)1-4-6(15-3-9)11-8(14)16-4/h1H,2-3H2,(H,10,12,13). The molecule has 3 heterocycles. The van der Waals surface area contributed by atoms with E-state index in [1.54, 1.807) is 6.08 Å². The van der Waals surface area contributed by atoms with Crippen LogP contribution in [0.5, 0.6) is 0 Å². The fourth-order valence-corrected chi connectivity index (χ4v) is 4.04. The number of amides is 3. The topological polar surface area (TPSA) is 75.6 Å². The zero-order valence-corrected chi connectivity index (χ0v) is 9.61. The van der Waals surface area contributed by atoms with Gasteiger partial charge in [0.05, 0.1) is 5.41 Å². The van der Waals surface area contributed by atoms with Crippen molar-refractivity contribution in [1.82, 2.24) is 5.32 Å². The number of hydrogen-bond acceptors (Lipinski definition) is 5. The third-order valence-electron chi connectivity index (χ3n) is 2.66. The van der Waals surface area contributed by atoms with Crippen molar-refractivity contribution in [2.45, 2.75) is 6.42 Å². The Kier molecular flexibility index (Phi) is 2.02. The number of rotatable bonds is 0. The SMILES string of the molecule is O=C1CC2(C=C3SC(=O)N=C3SC2)C(=O)N1. The Labute approximate surface area is 99.1 Å². The van der Waals surface area contributed by atoms with Crippen LogP contribution in [0.3, 0.4) is 0 Å². The Bertz CT molecular complexity index is 497. The van der Waals surface area contributed by atoms with Crippen LogP contribution in [0, 0.1) is 5.41 Å². The van der Waals surface area contributed by atoms with Crippen LogP contribution in [0.15, 0.2) is 16.0 Å². The molecule has 1 spiro atoms. The van der Waals surface area contributed by atoms with Crippen LogP contribution in [0.25, 0.3) is 0 Å². The number of hydrogen-bond donors (Lipinski definition) is 1. The Morgan fingerprint density at radius 1 is 1.38 bits per heavy atom. The van der Waals surface area contributed by atoms with Crippen molar-refractivity contribution in [2.75, 3.05) is 5.75 Å². The van der Waals surface area contributed by atoms with Crippen LogP contribution in [-0.4, -0.2) is 27.9 Å². The van der Waals surface area contributed by atoms with Crippen molar-refractivity contribution in [3.8, 4) is 0 Å². The van der Waals surface area contributed by atoms with Gasteiger partial charge in [-0.15, -0.1) is 11.8 Å². The van der Waals surface area contributed by atoms with Gasteiger partial charge >= 0.3 is 5.24 Å². The molecule has 16 heavy (non-hydrogen) atoms. The molecular weight excluding hydrogens is 248 g/mol. The summed E-state index contributed by atoms with van der Waals surface area (Å²) >= 11 is 2.39. The van der Waals surface area contributed by atoms with Gasteiger partial charge in [0.2, 0.25) is 11.8 Å². The van der Waals surface area contributed by atoms with E-state index in [1.165, 1.54) is 11.8 Å². The second kappa shape index (κ2) is 3.21. The lowest BCUT2D eigenvalue weighted by molar-refractivity contribution is -0.126. The Balaban J connectivity index is 2.02. The maximum absolute atomic E-state index is 11.7. The molecule has 82 valence electrons. The van der Waals surface area contributed by atoms with E-state index < -0.39 is 5.41 Å². The molecule has 3 rings (SSSR count). The van der Waals surface area contributed by atoms with E-state index in [1.807, 2.05) is 0 Å². The molecule has 5 nitrogen and oxygen atoms in total. The average molecular weight is 254 g/mol. The third-order valence-corrected chi connectivity index (χ3v) is 4.83. The van der Waals surface area contributed by atoms with Gasteiger partial charge in [0.25, 0.3) is 0 Å². The molecule has 1 atom stereocenters. The van der Waals surface area contributed by atoms with E-state index in [-0.39, 0.29) is 23.5 Å². The highest BCUT2D eigenvalue weighted by Crippen LogP contribution is 2.45. The molecule has 0 aromatic heterocycles. The summed E-state index contributed by atoms with van der Waals surface area (Å²) in [5.74, 6) is -0.0468. The highest BCUT2D eigenvalue weighted by molar-refractivity contribution is 8.24. The van der Waals surface area contributed by atoms with Gasteiger partial charge in [-0.2, -0.15) is 4.99 Å². The molecule has 1 fully saturated rings. The highest BCUT2D eigenvalue weighted by atomic mass is 32.2. The molecule has 1 N–H and O–H groups in total. The predicted octanol–water partition coefficient (Wildman–Crippen LogP) is 0.915. The number of nitrogens with one attached hydrogen (secondary N) is 1. The van der Waals surface area contributed by atoms with Crippen molar-refractivity contribution in [1.29, 1.82) is 0 Å². The summed E-state index contributed by atoms with van der Waals surface area (Å²) in [5, 5.41) is 2.72. The monoisotopic (exact) mass is 254 g/mol. The zero-order chi connectivity index (χ0) is 11.3. The largest absolute Gasteiger partial charge is 0.310 e. The lowest BCUT2D eigenvalue weighted by Crippen LogP contribution is -2.34. The van der Waals surface area contributed by atoms with Crippen LogP contribution in [0.1, 0.15) is 6.42 Å². The number of fused-ring (bicyclic) bond motifs is 1. The van der Waals surface area contributed by atoms with Gasteiger partial charge in [0.15, 0.2) is 0 Å². The lowest BCUT2D eigenvalue weighted by Gasteiger charge is -2.25. The molecular formula is C9H6N2O3S2. The minimum absolute atomic E-state index is 0.171. The van der Waals surface area contributed by atoms with E-state index in [0.29, 0.717) is 15.7 Å². The number of nitrogens with zero attached hydrogens (tertiary/aromatic N) is 1. The molecule has 0 aromatic rings. The van der Waals surface area contributed by atoms with Crippen LogP contribution in [0.2, 0.25) is 0 Å². The number of aliphatic imine (C=N–C) groups is 1. The third kappa shape index (κ3) is 1.35. The van der Waals surface area contributed by atoms with Crippen LogP contribution in [-0.2, 0) is 9.59 Å². The molecule has 1 saturated heterocycles. The fraction of sp³-hybridized carbons (Fsp3) is 0.333. The first-order valence-electron chi connectivity index (χ1n) is 4.60. The van der Waals surface area contributed by atoms with Crippen molar-refractivity contribution in [3.63, 3.8) is 0 Å². The fourth-order valence-electron chi connectivity index (χ4n) is 1.88. The molecule has 3 amide bonds. The molecule has 0 aromatic carbocycles. The molecule has 3 aliphatic heterocycles. The van der Waals surface area contributed by atoms with Gasteiger partial charge in [-0.1, -0.05) is 6.08 Å². The Morgan fingerprint density at radius 3 is 2.88 bits per heavy atom. The second-order valence-electron chi connectivity index (χ2n) is 3.79. The minimum atomic E-state index is -0.770. The highest BCUT2D eigenvalue weighted by Gasteiger charge is 2.48. The first-order chi connectivity index (χ1) is 7.59. The van der Waals surface area contributed by atoms with E-state index in [0.717, 1.165) is 11.8 Å². The first-order valence-corrected chi connectivity index (χ1v) is 6.40. The lowest BCUT2D eigenvalue weighted by atomic mass is 9.88. The summed E-state index contributed by atoms with van der Waals surface area (Å²) < 4.78 is 0. The molecule has 0 bridgehead atoms. The van der Waals surface area contributed by atoms with Crippen LogP contribution < -0.4 is 5.32 Å². The summed E-state index contributed by atoms with van der Waals surface area (Å²) in [6.45, 7) is 0. The zero-order valence-electron chi connectivity index (χ0n) is 7.98. The molecule has 0 radical (unpaired) electrons. The van der Waals surface area contributed by atoms with Gasteiger partial charge in [0, 0.05) is 17.1 Å². The van der Waals surface area contributed by atoms with Crippen molar-refractivity contribution < 1.29 is 14.4 Å². The normalized spacial score (nSPS) is 32.6. The summed E-state index contributed by atoms with van der Waals surface area (Å²) in [7, 11) is 0. The molecule has 0 aliphatic carbocycles. The van der Waals surface area contributed by atoms with Crippen molar-refractivity contribution in [2.24, 2.45) is 10.4 Å². The molecule has 3 aliphatic rings. The summed E-state index contributed by atoms with van der Waals surface area (Å²) in [6.07, 6.45) is 1.89. The van der Waals surface area contributed by atoms with Gasteiger partial charge in [-0.25, -0.2) is 0 Å². The number of carbonyl (C=O) groups is 3. The van der Waals surface area contributed by atoms with E-state index in [9.17, 15) is 14.4 Å². The van der Waals surface area contributed by atoms with E-state index >= 15 is 0 Å². The molecule has 7 heteroatoms. The predicted molar refractivity (Wildman–Crippen MR) is 61.2 cm³/mol. The van der Waals surface area contributed by atoms with Gasteiger partial charge < -0.3 is 0 Å². The number of thioether (sulfide) groups is 2. The van der Waals surface area contributed by atoms with Crippen molar-refractivity contribution >= 4 is 45.6 Å². The second-order valence-corrected chi connectivity index (χ2v) is 5.75. The number of imide groups is 1. The minimum Gasteiger partial charge on any atom is -0.296 e. The van der Waals surface area contributed by atoms with Crippen LogP contribution in [0.4, 0.5) is 4.79 Å². The first kappa shape index (κ1) is 10.1. The van der Waals surface area contributed by atoms with Gasteiger partial charge in [0.1, 0.15) is 5.04 Å². The summed E-state index contributed by atoms with van der Waals surface area (Å²) in [5.41, 5.74) is -0.770. The Hall–Kier alpha value is -1.08. The maximum Gasteiger partial charge on any atom is 0.310 e. The van der Waals surface area contributed by atoms with Crippen molar-refractivity contribution in [3.05, 3.63) is 11.0 Å². The van der Waals surface area contributed by atoms with Gasteiger partial charge in [-0.3, -0.25) is 19.7 Å². The molecule has 0 saturated carbocycles. The van der Waals surface area contributed by atoms with E-state index in [4.69, 9.17) is 0 Å². The quantitative estimate of drug-likeness (QED) is 0.650. The average Bonchev–Trinajstić information content (AvgIpc) is 2.67. The summed E-state index contributed by atoms with van der Waals surface area (Å²) in [4.78, 5) is 38.6. The molecule has 1 unspecified atom stereocenters.